The molecule has 1 aliphatic rings. The van der Waals surface area contributed by atoms with Crippen molar-refractivity contribution in [2.24, 2.45) is 5.73 Å². The highest BCUT2D eigenvalue weighted by molar-refractivity contribution is 6.30. The summed E-state index contributed by atoms with van der Waals surface area (Å²) in [5.74, 6) is -0.545. The monoisotopic (exact) mass is 296 g/mol. The van der Waals surface area contributed by atoms with Crippen molar-refractivity contribution in [2.45, 2.75) is 18.9 Å². The molecule has 20 heavy (non-hydrogen) atoms. The van der Waals surface area contributed by atoms with Crippen LogP contribution >= 0.6 is 11.6 Å². The van der Waals surface area contributed by atoms with Gasteiger partial charge in [-0.2, -0.15) is 0 Å². The number of primary amides is 1. The van der Waals surface area contributed by atoms with Crippen LogP contribution in [0.1, 0.15) is 23.3 Å². The highest BCUT2D eigenvalue weighted by Gasteiger charge is 2.22. The fourth-order valence-corrected chi connectivity index (χ4v) is 2.40. The van der Waals surface area contributed by atoms with Crippen molar-refractivity contribution < 1.29 is 9.59 Å². The normalized spacial score (nSPS) is 16.9. The molecule has 2 amide bonds. The summed E-state index contributed by atoms with van der Waals surface area (Å²) < 4.78 is 0. The molecule has 2 heterocycles. The van der Waals surface area contributed by atoms with Gasteiger partial charge in [0, 0.05) is 30.4 Å². The molecule has 3 N–H and O–H groups in total. The number of piperidine rings is 1. The SMILES string of the molecule is NC(=O)CN1CCC(NC(=O)c2cc(Cl)ccn2)CC1. The van der Waals surface area contributed by atoms with Crippen LogP contribution in [0.3, 0.4) is 0 Å². The maximum Gasteiger partial charge on any atom is 0.270 e. The minimum atomic E-state index is -0.324. The smallest absolute Gasteiger partial charge is 0.270 e. The van der Waals surface area contributed by atoms with Crippen molar-refractivity contribution in [1.82, 2.24) is 15.2 Å². The van der Waals surface area contributed by atoms with Crippen molar-refractivity contribution in [3.05, 3.63) is 29.0 Å². The minimum Gasteiger partial charge on any atom is -0.369 e. The molecule has 1 fully saturated rings. The fourth-order valence-electron chi connectivity index (χ4n) is 2.24. The van der Waals surface area contributed by atoms with Crippen LogP contribution in [0, 0.1) is 0 Å². The third-order valence-corrected chi connectivity index (χ3v) is 3.49. The number of nitrogens with two attached hydrogens (primary N) is 1. The summed E-state index contributed by atoms with van der Waals surface area (Å²) in [6, 6.07) is 3.26. The average Bonchev–Trinajstić information content (AvgIpc) is 2.40. The highest BCUT2D eigenvalue weighted by atomic mass is 35.5. The Balaban J connectivity index is 1.83. The van der Waals surface area contributed by atoms with Crippen LogP contribution in [0.15, 0.2) is 18.3 Å². The number of amides is 2. The number of aromatic nitrogens is 1. The van der Waals surface area contributed by atoms with Gasteiger partial charge >= 0.3 is 0 Å². The van der Waals surface area contributed by atoms with Gasteiger partial charge < -0.3 is 11.1 Å². The third-order valence-electron chi connectivity index (χ3n) is 3.26. The Morgan fingerprint density at radius 3 is 2.75 bits per heavy atom. The molecule has 0 bridgehead atoms. The molecule has 1 saturated heterocycles. The van der Waals surface area contributed by atoms with Gasteiger partial charge in [-0.3, -0.25) is 19.5 Å². The van der Waals surface area contributed by atoms with E-state index in [1.807, 2.05) is 4.90 Å². The number of hydrogen-bond acceptors (Lipinski definition) is 4. The summed E-state index contributed by atoms with van der Waals surface area (Å²) in [5, 5.41) is 3.42. The van der Waals surface area contributed by atoms with E-state index >= 15 is 0 Å². The van der Waals surface area contributed by atoms with Crippen molar-refractivity contribution in [2.75, 3.05) is 19.6 Å². The summed E-state index contributed by atoms with van der Waals surface area (Å²) in [4.78, 5) is 28.8. The van der Waals surface area contributed by atoms with Crippen LogP contribution in [0.4, 0.5) is 0 Å². The molecule has 1 aromatic rings. The second-order valence-electron chi connectivity index (χ2n) is 4.85. The van der Waals surface area contributed by atoms with E-state index < -0.39 is 0 Å². The molecule has 0 aromatic carbocycles. The second-order valence-corrected chi connectivity index (χ2v) is 5.29. The van der Waals surface area contributed by atoms with Gasteiger partial charge in [0.1, 0.15) is 5.69 Å². The molecular formula is C13H17ClN4O2. The predicted octanol–water partition coefficient (Wildman–Crippen LogP) is 0.414. The van der Waals surface area contributed by atoms with Crippen molar-refractivity contribution >= 4 is 23.4 Å². The van der Waals surface area contributed by atoms with E-state index in [9.17, 15) is 9.59 Å². The number of likely N-dealkylation sites (tertiary alicyclic amines) is 1. The number of carbonyl (C=O) groups excluding carboxylic acids is 2. The van der Waals surface area contributed by atoms with Gasteiger partial charge in [0.15, 0.2) is 0 Å². The molecule has 1 aliphatic heterocycles. The van der Waals surface area contributed by atoms with E-state index in [2.05, 4.69) is 10.3 Å². The summed E-state index contributed by atoms with van der Waals surface area (Å²) in [5.41, 5.74) is 5.47. The molecule has 1 aromatic heterocycles. The summed E-state index contributed by atoms with van der Waals surface area (Å²) in [7, 11) is 0. The van der Waals surface area contributed by atoms with E-state index in [4.69, 9.17) is 17.3 Å². The van der Waals surface area contributed by atoms with Crippen molar-refractivity contribution in [3.63, 3.8) is 0 Å². The Kier molecular flexibility index (Phi) is 4.92. The van der Waals surface area contributed by atoms with Crippen LogP contribution < -0.4 is 11.1 Å². The lowest BCUT2D eigenvalue weighted by Crippen LogP contribution is -2.46. The highest BCUT2D eigenvalue weighted by Crippen LogP contribution is 2.12. The molecular weight excluding hydrogens is 280 g/mol. The molecule has 108 valence electrons. The minimum absolute atomic E-state index is 0.0902. The number of nitrogens with one attached hydrogen (secondary N) is 1. The molecule has 0 unspecified atom stereocenters. The van der Waals surface area contributed by atoms with Crippen LogP contribution in [0.5, 0.6) is 0 Å². The largest absolute Gasteiger partial charge is 0.369 e. The zero-order chi connectivity index (χ0) is 14.5. The number of halogens is 1. The first-order valence-corrected chi connectivity index (χ1v) is 6.85. The van der Waals surface area contributed by atoms with E-state index in [-0.39, 0.29) is 24.4 Å². The van der Waals surface area contributed by atoms with Gasteiger partial charge in [-0.1, -0.05) is 11.6 Å². The van der Waals surface area contributed by atoms with Gasteiger partial charge in [-0.05, 0) is 25.0 Å². The number of rotatable bonds is 4. The zero-order valence-corrected chi connectivity index (χ0v) is 11.8. The second kappa shape index (κ2) is 6.67. The number of pyridine rings is 1. The van der Waals surface area contributed by atoms with Gasteiger partial charge in [-0.15, -0.1) is 0 Å². The van der Waals surface area contributed by atoms with Gasteiger partial charge in [0.2, 0.25) is 5.91 Å². The molecule has 2 rings (SSSR count). The fraction of sp³-hybridized carbons (Fsp3) is 0.462. The molecule has 6 nitrogen and oxygen atoms in total. The maximum atomic E-state index is 12.0. The van der Waals surface area contributed by atoms with Crippen LogP contribution in [0.2, 0.25) is 5.02 Å². The third kappa shape index (κ3) is 4.18. The number of nitrogens with zero attached hydrogens (tertiary/aromatic N) is 2. The van der Waals surface area contributed by atoms with Crippen molar-refractivity contribution in [1.29, 1.82) is 0 Å². The standard InChI is InChI=1S/C13H17ClN4O2/c14-9-1-4-16-11(7-9)13(20)17-10-2-5-18(6-3-10)8-12(15)19/h1,4,7,10H,2-3,5-6,8H2,(H2,15,19)(H,17,20). The van der Waals surface area contributed by atoms with Crippen molar-refractivity contribution in [3.8, 4) is 0 Å². The molecule has 0 saturated carbocycles. The van der Waals surface area contributed by atoms with Crippen LogP contribution in [-0.4, -0.2) is 47.4 Å². The summed E-state index contributed by atoms with van der Waals surface area (Å²) in [6.07, 6.45) is 3.09. The molecule has 0 atom stereocenters. The quantitative estimate of drug-likeness (QED) is 0.842. The lowest BCUT2D eigenvalue weighted by molar-refractivity contribution is -0.119. The lowest BCUT2D eigenvalue weighted by atomic mass is 10.0. The Morgan fingerprint density at radius 1 is 1.45 bits per heavy atom. The first kappa shape index (κ1) is 14.7. The first-order chi connectivity index (χ1) is 9.54. The Morgan fingerprint density at radius 2 is 2.15 bits per heavy atom. The van der Waals surface area contributed by atoms with Crippen LogP contribution in [0.25, 0.3) is 0 Å². The lowest BCUT2D eigenvalue weighted by Gasteiger charge is -2.31. The van der Waals surface area contributed by atoms with E-state index in [1.165, 1.54) is 6.20 Å². The van der Waals surface area contributed by atoms with Gasteiger partial charge in [0.25, 0.3) is 5.91 Å². The summed E-state index contributed by atoms with van der Waals surface area (Å²) >= 11 is 5.83. The van der Waals surface area contributed by atoms with E-state index in [0.29, 0.717) is 10.7 Å². The average molecular weight is 297 g/mol. The molecule has 7 heteroatoms. The Hall–Kier alpha value is -1.66. The topological polar surface area (TPSA) is 88.3 Å². The molecule has 0 radical (unpaired) electrons. The zero-order valence-electron chi connectivity index (χ0n) is 11.0. The van der Waals surface area contributed by atoms with E-state index in [0.717, 1.165) is 25.9 Å². The number of carbonyl (C=O) groups is 2. The first-order valence-electron chi connectivity index (χ1n) is 6.47. The molecule has 0 spiro atoms. The summed E-state index contributed by atoms with van der Waals surface area (Å²) in [6.45, 7) is 1.77. The maximum absolute atomic E-state index is 12.0. The van der Waals surface area contributed by atoms with Gasteiger partial charge in [0.05, 0.1) is 6.54 Å². The predicted molar refractivity (Wildman–Crippen MR) is 75.4 cm³/mol. The number of hydrogen-bond donors (Lipinski definition) is 2. The van der Waals surface area contributed by atoms with Gasteiger partial charge in [-0.25, -0.2) is 0 Å². The van der Waals surface area contributed by atoms with E-state index in [1.54, 1.807) is 12.1 Å². The Labute approximate surface area is 122 Å². The molecule has 0 aliphatic carbocycles. The Bertz CT molecular complexity index is 501. The van der Waals surface area contributed by atoms with Crippen LogP contribution in [-0.2, 0) is 4.79 Å².